The molecule has 3 rings (SSSR count). The summed E-state index contributed by atoms with van der Waals surface area (Å²) in [7, 11) is 0. The van der Waals surface area contributed by atoms with Gasteiger partial charge in [-0.15, -0.1) is 0 Å². The van der Waals surface area contributed by atoms with E-state index >= 15 is 0 Å². The normalized spacial score (nSPS) is 30.4. The molecular formula is C19H32N4O2. The number of aromatic nitrogens is 2. The molecule has 0 unspecified atom stereocenters. The summed E-state index contributed by atoms with van der Waals surface area (Å²) >= 11 is 0. The molecule has 2 atom stereocenters. The highest BCUT2D eigenvalue weighted by atomic mass is 16.5. The van der Waals surface area contributed by atoms with E-state index in [2.05, 4.69) is 36.3 Å². The van der Waals surface area contributed by atoms with Crippen molar-refractivity contribution >= 4 is 11.7 Å². The summed E-state index contributed by atoms with van der Waals surface area (Å²) in [6.45, 7) is 7.47. The molecule has 0 radical (unpaired) electrons. The summed E-state index contributed by atoms with van der Waals surface area (Å²) in [6.07, 6.45) is 6.04. The first-order valence-corrected chi connectivity index (χ1v) is 9.58. The van der Waals surface area contributed by atoms with Gasteiger partial charge in [-0.1, -0.05) is 20.8 Å². The Balaban J connectivity index is 1.52. The van der Waals surface area contributed by atoms with Gasteiger partial charge in [-0.05, 0) is 49.9 Å². The van der Waals surface area contributed by atoms with Crippen LogP contribution in [0.5, 0.6) is 0 Å². The third-order valence-electron chi connectivity index (χ3n) is 5.90. The number of carbonyl (C=O) groups is 1. The van der Waals surface area contributed by atoms with E-state index in [1.54, 1.807) is 0 Å². The topological polar surface area (TPSA) is 93.0 Å². The van der Waals surface area contributed by atoms with Gasteiger partial charge in [0, 0.05) is 24.2 Å². The maximum Gasteiger partial charge on any atom is 0.254 e. The Kier molecular flexibility index (Phi) is 5.49. The Morgan fingerprint density at radius 2 is 2.00 bits per heavy atom. The molecule has 2 aliphatic rings. The molecule has 1 aromatic heterocycles. The number of H-pyrrole nitrogens is 1. The minimum absolute atomic E-state index is 0.00324. The zero-order chi connectivity index (χ0) is 18.0. The van der Waals surface area contributed by atoms with Crippen LogP contribution in [0.1, 0.15) is 70.9 Å². The van der Waals surface area contributed by atoms with Gasteiger partial charge >= 0.3 is 0 Å². The number of nitrogens with two attached hydrogens (primary N) is 1. The second-order valence-electron chi connectivity index (χ2n) is 8.67. The van der Waals surface area contributed by atoms with Crippen LogP contribution in [-0.4, -0.2) is 34.9 Å². The third-order valence-corrected chi connectivity index (χ3v) is 5.90. The summed E-state index contributed by atoms with van der Waals surface area (Å²) in [5.41, 5.74) is 7.12. The zero-order valence-electron chi connectivity index (χ0n) is 15.7. The molecule has 25 heavy (non-hydrogen) atoms. The van der Waals surface area contributed by atoms with Crippen LogP contribution in [0.15, 0.2) is 6.07 Å². The van der Waals surface area contributed by atoms with Crippen molar-refractivity contribution in [2.24, 2.45) is 17.1 Å². The fourth-order valence-electron chi connectivity index (χ4n) is 4.16. The fraction of sp³-hybridized carbons (Fsp3) is 0.789. The highest BCUT2D eigenvalue weighted by Gasteiger charge is 2.32. The first-order chi connectivity index (χ1) is 11.9. The predicted molar refractivity (Wildman–Crippen MR) is 98.3 cm³/mol. The van der Waals surface area contributed by atoms with Gasteiger partial charge in [0.15, 0.2) is 5.82 Å². The summed E-state index contributed by atoms with van der Waals surface area (Å²) in [6, 6.07) is 1.98. The van der Waals surface area contributed by atoms with E-state index < -0.39 is 6.10 Å². The van der Waals surface area contributed by atoms with E-state index in [1.807, 2.05) is 6.07 Å². The average Bonchev–Trinajstić information content (AvgIpc) is 3.23. The highest BCUT2D eigenvalue weighted by molar-refractivity contribution is 5.93. The van der Waals surface area contributed by atoms with Crippen molar-refractivity contribution in [2.75, 3.05) is 11.9 Å². The molecule has 140 valence electrons. The van der Waals surface area contributed by atoms with Crippen LogP contribution in [0.25, 0.3) is 0 Å². The monoisotopic (exact) mass is 348 g/mol. The SMILES string of the molecule is CC(C)(C)C1CCC(c2cc(NC(=O)[C@@H]3CC[C@H](CN)O3)n[nH]2)CC1. The lowest BCUT2D eigenvalue weighted by atomic mass is 9.69. The molecular weight excluding hydrogens is 316 g/mol. The van der Waals surface area contributed by atoms with Gasteiger partial charge in [-0.3, -0.25) is 9.89 Å². The van der Waals surface area contributed by atoms with Crippen LogP contribution in [-0.2, 0) is 9.53 Å². The number of amides is 1. The maximum absolute atomic E-state index is 12.3. The maximum atomic E-state index is 12.3. The number of carbonyl (C=O) groups excluding carboxylic acids is 1. The summed E-state index contributed by atoms with van der Waals surface area (Å²) in [4.78, 5) is 12.3. The smallest absolute Gasteiger partial charge is 0.254 e. The Hall–Kier alpha value is -1.40. The van der Waals surface area contributed by atoms with Crippen LogP contribution in [0, 0.1) is 11.3 Å². The number of nitrogens with one attached hydrogen (secondary N) is 2. The Bertz CT molecular complexity index is 584. The molecule has 1 aromatic rings. The van der Waals surface area contributed by atoms with Crippen molar-refractivity contribution in [1.29, 1.82) is 0 Å². The van der Waals surface area contributed by atoms with E-state index in [0.29, 0.717) is 23.7 Å². The largest absolute Gasteiger partial charge is 0.364 e. The standard InChI is InChI=1S/C19H32N4O2/c1-19(2,3)13-6-4-12(5-7-13)15-10-17(23-22-15)21-18(24)16-9-8-14(11-20)25-16/h10,12-14,16H,4-9,11,20H2,1-3H3,(H2,21,22,23,24)/t12?,13?,14-,16+/m1/s1. The zero-order valence-corrected chi connectivity index (χ0v) is 15.7. The molecule has 1 aliphatic heterocycles. The van der Waals surface area contributed by atoms with Crippen molar-refractivity contribution in [2.45, 2.75) is 77.4 Å². The van der Waals surface area contributed by atoms with Crippen molar-refractivity contribution in [1.82, 2.24) is 10.2 Å². The Morgan fingerprint density at radius 3 is 2.60 bits per heavy atom. The lowest BCUT2D eigenvalue weighted by Crippen LogP contribution is -2.29. The Morgan fingerprint density at radius 1 is 1.28 bits per heavy atom. The number of hydrogen-bond acceptors (Lipinski definition) is 4. The second-order valence-corrected chi connectivity index (χ2v) is 8.67. The number of rotatable bonds is 4. The number of aromatic amines is 1. The molecule has 6 heteroatoms. The predicted octanol–water partition coefficient (Wildman–Crippen LogP) is 3.17. The molecule has 0 spiro atoms. The molecule has 0 aromatic carbocycles. The van der Waals surface area contributed by atoms with E-state index in [1.165, 1.54) is 25.7 Å². The van der Waals surface area contributed by atoms with Crippen LogP contribution in [0.4, 0.5) is 5.82 Å². The fourth-order valence-corrected chi connectivity index (χ4v) is 4.16. The van der Waals surface area contributed by atoms with Gasteiger partial charge in [0.2, 0.25) is 0 Å². The second kappa shape index (κ2) is 7.46. The quantitative estimate of drug-likeness (QED) is 0.779. The third kappa shape index (κ3) is 4.42. The van der Waals surface area contributed by atoms with Crippen molar-refractivity contribution in [3.8, 4) is 0 Å². The van der Waals surface area contributed by atoms with Gasteiger partial charge in [-0.2, -0.15) is 5.10 Å². The van der Waals surface area contributed by atoms with Gasteiger partial charge in [0.25, 0.3) is 5.91 Å². The van der Waals surface area contributed by atoms with Gasteiger partial charge in [-0.25, -0.2) is 0 Å². The molecule has 4 N–H and O–H groups in total. The van der Waals surface area contributed by atoms with Gasteiger partial charge < -0.3 is 15.8 Å². The first-order valence-electron chi connectivity index (χ1n) is 9.58. The van der Waals surface area contributed by atoms with Crippen molar-refractivity contribution in [3.63, 3.8) is 0 Å². The van der Waals surface area contributed by atoms with E-state index in [0.717, 1.165) is 24.5 Å². The number of hydrogen-bond donors (Lipinski definition) is 3. The molecule has 2 fully saturated rings. The minimum atomic E-state index is -0.407. The molecule has 2 heterocycles. The van der Waals surface area contributed by atoms with Crippen LogP contribution in [0.3, 0.4) is 0 Å². The number of ether oxygens (including phenoxy) is 1. The lowest BCUT2D eigenvalue weighted by Gasteiger charge is -2.36. The highest BCUT2D eigenvalue weighted by Crippen LogP contribution is 2.43. The van der Waals surface area contributed by atoms with E-state index in [9.17, 15) is 4.79 Å². The van der Waals surface area contributed by atoms with Crippen molar-refractivity contribution < 1.29 is 9.53 Å². The summed E-state index contributed by atoms with van der Waals surface area (Å²) in [5.74, 6) is 1.78. The number of anilines is 1. The first kappa shape index (κ1) is 18.4. The summed E-state index contributed by atoms with van der Waals surface area (Å²) < 4.78 is 5.64. The minimum Gasteiger partial charge on any atom is -0.364 e. The summed E-state index contributed by atoms with van der Waals surface area (Å²) in [5, 5.41) is 10.3. The van der Waals surface area contributed by atoms with E-state index in [-0.39, 0.29) is 12.0 Å². The number of nitrogens with zero attached hydrogens (tertiary/aromatic N) is 1. The molecule has 1 saturated carbocycles. The van der Waals surface area contributed by atoms with Gasteiger partial charge in [0.05, 0.1) is 6.10 Å². The average molecular weight is 348 g/mol. The van der Waals surface area contributed by atoms with Crippen LogP contribution < -0.4 is 11.1 Å². The lowest BCUT2D eigenvalue weighted by molar-refractivity contribution is -0.126. The van der Waals surface area contributed by atoms with Gasteiger partial charge in [0.1, 0.15) is 6.10 Å². The van der Waals surface area contributed by atoms with E-state index in [4.69, 9.17) is 10.5 Å². The Labute approximate surface area is 150 Å². The molecule has 1 saturated heterocycles. The van der Waals surface area contributed by atoms with Crippen LogP contribution in [0.2, 0.25) is 0 Å². The molecule has 1 amide bonds. The molecule has 1 aliphatic carbocycles. The van der Waals surface area contributed by atoms with Crippen molar-refractivity contribution in [3.05, 3.63) is 11.8 Å². The molecule has 6 nitrogen and oxygen atoms in total. The molecule has 0 bridgehead atoms. The van der Waals surface area contributed by atoms with Crippen LogP contribution >= 0.6 is 0 Å².